The van der Waals surface area contributed by atoms with E-state index in [2.05, 4.69) is 5.32 Å². The first-order valence-corrected chi connectivity index (χ1v) is 5.03. The fraction of sp³-hybridized carbons (Fsp3) is 0.500. The minimum absolute atomic E-state index is 0.145. The lowest BCUT2D eigenvalue weighted by atomic mass is 9.91. The van der Waals surface area contributed by atoms with Crippen molar-refractivity contribution >= 4 is 0 Å². The summed E-state index contributed by atoms with van der Waals surface area (Å²) in [6.45, 7) is 3.56. The number of aliphatic hydroxyl groups is 1. The largest absolute Gasteiger partial charge is 0.496 e. The highest BCUT2D eigenvalue weighted by molar-refractivity contribution is 5.37. The Morgan fingerprint density at radius 3 is 2.40 bits per heavy atom. The Labute approximate surface area is 91.1 Å². The third-order valence-electron chi connectivity index (χ3n) is 2.45. The van der Waals surface area contributed by atoms with Crippen LogP contribution in [-0.2, 0) is 0 Å². The Hall–Kier alpha value is -1.06. The van der Waals surface area contributed by atoms with Crippen LogP contribution in [0, 0.1) is 0 Å². The summed E-state index contributed by atoms with van der Waals surface area (Å²) in [6, 6.07) is 7.56. The molecule has 0 aromatic heterocycles. The summed E-state index contributed by atoms with van der Waals surface area (Å²) in [5, 5.41) is 13.1. The lowest BCUT2D eigenvalue weighted by Crippen LogP contribution is -2.37. The zero-order chi connectivity index (χ0) is 11.5. The highest BCUT2D eigenvalue weighted by Gasteiger charge is 2.28. The molecular formula is C12H19NO2. The Balaban J connectivity index is 3.12. The van der Waals surface area contributed by atoms with Crippen molar-refractivity contribution < 1.29 is 9.84 Å². The van der Waals surface area contributed by atoms with Crippen LogP contribution >= 0.6 is 0 Å². The molecule has 0 fully saturated rings. The number of benzene rings is 1. The van der Waals surface area contributed by atoms with E-state index in [1.165, 1.54) is 0 Å². The second kappa shape index (κ2) is 4.64. The van der Waals surface area contributed by atoms with Crippen molar-refractivity contribution in [1.29, 1.82) is 0 Å². The number of rotatable bonds is 4. The molecule has 15 heavy (non-hydrogen) atoms. The van der Waals surface area contributed by atoms with Crippen molar-refractivity contribution in [2.45, 2.75) is 25.5 Å². The van der Waals surface area contributed by atoms with E-state index in [1.54, 1.807) is 21.0 Å². The number of hydrogen-bond donors (Lipinski definition) is 2. The quantitative estimate of drug-likeness (QED) is 0.793. The Morgan fingerprint density at radius 2 is 1.93 bits per heavy atom. The molecule has 0 spiro atoms. The number of ether oxygens (including phenoxy) is 1. The van der Waals surface area contributed by atoms with E-state index in [0.29, 0.717) is 0 Å². The summed E-state index contributed by atoms with van der Waals surface area (Å²) >= 11 is 0. The first kappa shape index (κ1) is 12.0. The van der Waals surface area contributed by atoms with Crippen LogP contribution < -0.4 is 10.1 Å². The highest BCUT2D eigenvalue weighted by atomic mass is 16.5. The molecule has 0 amide bonds. The molecule has 0 saturated heterocycles. The first-order chi connectivity index (χ1) is 7.00. The van der Waals surface area contributed by atoms with Gasteiger partial charge in [0.05, 0.1) is 18.8 Å². The zero-order valence-electron chi connectivity index (χ0n) is 9.74. The van der Waals surface area contributed by atoms with Crippen LogP contribution in [0.15, 0.2) is 24.3 Å². The van der Waals surface area contributed by atoms with Gasteiger partial charge in [0, 0.05) is 5.56 Å². The van der Waals surface area contributed by atoms with E-state index in [9.17, 15) is 5.11 Å². The molecule has 0 aliphatic heterocycles. The van der Waals surface area contributed by atoms with Gasteiger partial charge in [-0.2, -0.15) is 0 Å². The Kier molecular flexibility index (Phi) is 3.72. The summed E-state index contributed by atoms with van der Waals surface area (Å²) in [5.41, 5.74) is 0.138. The molecule has 1 unspecified atom stereocenters. The van der Waals surface area contributed by atoms with Gasteiger partial charge in [-0.05, 0) is 27.0 Å². The number of nitrogens with one attached hydrogen (secondary N) is 1. The standard InChI is InChI=1S/C12H19NO2/c1-12(2,14)11(13-3)9-7-5-6-8-10(9)15-4/h5-8,11,13-14H,1-4H3. The summed E-state index contributed by atoms with van der Waals surface area (Å²) in [5.74, 6) is 0.791. The minimum atomic E-state index is -0.830. The van der Waals surface area contributed by atoms with Gasteiger partial charge in [-0.15, -0.1) is 0 Å². The van der Waals surface area contributed by atoms with Crippen molar-refractivity contribution in [1.82, 2.24) is 5.32 Å². The molecule has 0 radical (unpaired) electrons. The average molecular weight is 209 g/mol. The highest BCUT2D eigenvalue weighted by Crippen LogP contribution is 2.31. The zero-order valence-corrected chi connectivity index (χ0v) is 9.74. The van der Waals surface area contributed by atoms with E-state index >= 15 is 0 Å². The molecular weight excluding hydrogens is 190 g/mol. The summed E-state index contributed by atoms with van der Waals surface area (Å²) in [7, 11) is 3.46. The summed E-state index contributed by atoms with van der Waals surface area (Å²) in [6.07, 6.45) is 0. The molecule has 84 valence electrons. The molecule has 3 nitrogen and oxygen atoms in total. The SMILES string of the molecule is CNC(c1ccccc1OC)C(C)(C)O. The van der Waals surface area contributed by atoms with Gasteiger partial charge in [-0.3, -0.25) is 0 Å². The van der Waals surface area contributed by atoms with Gasteiger partial charge in [0.1, 0.15) is 5.75 Å². The Bertz CT molecular complexity index is 318. The van der Waals surface area contributed by atoms with Crippen molar-refractivity contribution in [2.75, 3.05) is 14.2 Å². The van der Waals surface area contributed by atoms with E-state index in [4.69, 9.17) is 4.74 Å². The van der Waals surface area contributed by atoms with E-state index in [1.807, 2.05) is 31.3 Å². The molecule has 3 heteroatoms. The molecule has 1 aromatic carbocycles. The maximum Gasteiger partial charge on any atom is 0.123 e. The molecule has 0 aliphatic carbocycles. The summed E-state index contributed by atoms with van der Waals surface area (Å²) in [4.78, 5) is 0. The predicted molar refractivity (Wildman–Crippen MR) is 61.1 cm³/mol. The van der Waals surface area contributed by atoms with Crippen molar-refractivity contribution in [3.8, 4) is 5.75 Å². The molecule has 1 rings (SSSR count). The maximum absolute atomic E-state index is 10.0. The van der Waals surface area contributed by atoms with Gasteiger partial charge in [0.2, 0.25) is 0 Å². The van der Waals surface area contributed by atoms with E-state index in [-0.39, 0.29) is 6.04 Å². The van der Waals surface area contributed by atoms with Gasteiger partial charge < -0.3 is 15.2 Å². The van der Waals surface area contributed by atoms with E-state index in [0.717, 1.165) is 11.3 Å². The lowest BCUT2D eigenvalue weighted by molar-refractivity contribution is 0.0391. The molecule has 2 N–H and O–H groups in total. The van der Waals surface area contributed by atoms with Crippen molar-refractivity contribution in [3.05, 3.63) is 29.8 Å². The van der Waals surface area contributed by atoms with Gasteiger partial charge in [-0.1, -0.05) is 18.2 Å². The molecule has 0 bridgehead atoms. The lowest BCUT2D eigenvalue weighted by Gasteiger charge is -2.30. The monoisotopic (exact) mass is 209 g/mol. The molecule has 1 aromatic rings. The predicted octanol–water partition coefficient (Wildman–Crippen LogP) is 1.73. The number of hydrogen-bond acceptors (Lipinski definition) is 3. The number of para-hydroxylation sites is 1. The Morgan fingerprint density at radius 1 is 1.33 bits per heavy atom. The second-order valence-electron chi connectivity index (χ2n) is 4.12. The van der Waals surface area contributed by atoms with Crippen LogP contribution in [0.5, 0.6) is 5.75 Å². The van der Waals surface area contributed by atoms with Gasteiger partial charge in [-0.25, -0.2) is 0 Å². The van der Waals surface area contributed by atoms with Gasteiger partial charge >= 0.3 is 0 Å². The van der Waals surface area contributed by atoms with Crippen LogP contribution in [0.4, 0.5) is 0 Å². The van der Waals surface area contributed by atoms with Crippen LogP contribution in [0.2, 0.25) is 0 Å². The van der Waals surface area contributed by atoms with Gasteiger partial charge in [0.25, 0.3) is 0 Å². The van der Waals surface area contributed by atoms with Crippen molar-refractivity contribution in [3.63, 3.8) is 0 Å². The maximum atomic E-state index is 10.0. The number of likely N-dealkylation sites (N-methyl/N-ethyl adjacent to an activating group) is 1. The normalized spacial score (nSPS) is 13.7. The van der Waals surface area contributed by atoms with Crippen LogP contribution in [0.1, 0.15) is 25.5 Å². The first-order valence-electron chi connectivity index (χ1n) is 5.03. The molecule has 1 atom stereocenters. The summed E-state index contributed by atoms with van der Waals surface area (Å²) < 4.78 is 5.27. The van der Waals surface area contributed by atoms with Crippen LogP contribution in [0.25, 0.3) is 0 Å². The third-order valence-corrected chi connectivity index (χ3v) is 2.45. The van der Waals surface area contributed by atoms with Crippen LogP contribution in [-0.4, -0.2) is 24.9 Å². The fourth-order valence-corrected chi connectivity index (χ4v) is 1.79. The fourth-order valence-electron chi connectivity index (χ4n) is 1.79. The topological polar surface area (TPSA) is 41.5 Å². The van der Waals surface area contributed by atoms with Gasteiger partial charge in [0.15, 0.2) is 0 Å². The average Bonchev–Trinajstić information content (AvgIpc) is 2.17. The molecule has 0 aliphatic rings. The van der Waals surface area contributed by atoms with Crippen molar-refractivity contribution in [2.24, 2.45) is 0 Å². The van der Waals surface area contributed by atoms with Crippen LogP contribution in [0.3, 0.4) is 0 Å². The number of methoxy groups -OCH3 is 1. The van der Waals surface area contributed by atoms with E-state index < -0.39 is 5.60 Å². The molecule has 0 saturated carbocycles. The minimum Gasteiger partial charge on any atom is -0.496 e. The second-order valence-corrected chi connectivity index (χ2v) is 4.12. The molecule has 0 heterocycles. The smallest absolute Gasteiger partial charge is 0.123 e. The third kappa shape index (κ3) is 2.70.